The maximum atomic E-state index is 13.2. The molecule has 1 fully saturated rings. The van der Waals surface area contributed by atoms with Crippen LogP contribution in [0.5, 0.6) is 11.5 Å². The highest BCUT2D eigenvalue weighted by Crippen LogP contribution is 2.45. The van der Waals surface area contributed by atoms with Crippen LogP contribution in [0.2, 0.25) is 18.1 Å². The second-order valence-electron chi connectivity index (χ2n) is 16.4. The topological polar surface area (TPSA) is 173 Å². The SMILES string of the molecule is CCc1nc2c(cnn2CC)c(NC2CCOCC2)c1CNC(=O)Nc1ccc(CCCNC[C@H](O[Si](C)(C)C(C)(C)C)c2ccc(O)c3c2OCC(=O)N3)cc1. The first kappa shape index (κ1) is 41.9. The van der Waals surface area contributed by atoms with Gasteiger partial charge < -0.3 is 45.6 Å². The van der Waals surface area contributed by atoms with Gasteiger partial charge in [0.15, 0.2) is 26.3 Å². The van der Waals surface area contributed by atoms with Crippen molar-refractivity contribution in [1.29, 1.82) is 0 Å². The maximum absolute atomic E-state index is 13.2. The van der Waals surface area contributed by atoms with Crippen molar-refractivity contribution in [2.75, 3.05) is 48.9 Å². The van der Waals surface area contributed by atoms with Gasteiger partial charge in [0.05, 0.1) is 23.4 Å². The molecule has 2 aromatic carbocycles. The molecule has 0 bridgehead atoms. The first-order chi connectivity index (χ1) is 27.3. The Hall–Kier alpha value is -4.70. The summed E-state index contributed by atoms with van der Waals surface area (Å²) >= 11 is 0. The van der Waals surface area contributed by atoms with Crippen LogP contribution >= 0.6 is 0 Å². The molecule has 15 heteroatoms. The molecule has 3 amide bonds. The van der Waals surface area contributed by atoms with Crippen LogP contribution in [-0.4, -0.2) is 79.1 Å². The Morgan fingerprint density at radius 3 is 2.58 bits per heavy atom. The summed E-state index contributed by atoms with van der Waals surface area (Å²) in [5.74, 6) is 0.121. The fourth-order valence-corrected chi connectivity index (χ4v) is 8.30. The number of ether oxygens (including phenoxy) is 2. The molecule has 1 atom stereocenters. The zero-order chi connectivity index (χ0) is 40.7. The highest BCUT2D eigenvalue weighted by Gasteiger charge is 2.40. The number of carbonyl (C=O) groups excluding carboxylic acids is 2. The summed E-state index contributed by atoms with van der Waals surface area (Å²) < 4.78 is 20.2. The van der Waals surface area contributed by atoms with Gasteiger partial charge in [-0.15, -0.1) is 0 Å². The van der Waals surface area contributed by atoms with Gasteiger partial charge in [0.1, 0.15) is 11.4 Å². The van der Waals surface area contributed by atoms with Gasteiger partial charge in [-0.05, 0) is 93.5 Å². The minimum absolute atomic E-state index is 0.0183. The van der Waals surface area contributed by atoms with Gasteiger partial charge >= 0.3 is 6.03 Å². The lowest BCUT2D eigenvalue weighted by Gasteiger charge is -2.40. The summed E-state index contributed by atoms with van der Waals surface area (Å²) in [6, 6.07) is 11.3. The minimum atomic E-state index is -2.20. The highest BCUT2D eigenvalue weighted by atomic mass is 28.4. The van der Waals surface area contributed by atoms with E-state index in [2.05, 4.69) is 79.4 Å². The number of urea groups is 1. The first-order valence-corrected chi connectivity index (χ1v) is 23.2. The van der Waals surface area contributed by atoms with Gasteiger partial charge in [0, 0.05) is 61.4 Å². The quantitative estimate of drug-likeness (QED) is 0.0385. The fourth-order valence-electron chi connectivity index (χ4n) is 7.03. The van der Waals surface area contributed by atoms with Crippen LogP contribution in [0.4, 0.5) is 21.9 Å². The number of aromatic hydroxyl groups is 1. The average Bonchev–Trinajstić information content (AvgIpc) is 3.60. The maximum Gasteiger partial charge on any atom is 0.319 e. The van der Waals surface area contributed by atoms with Crippen LogP contribution in [0.1, 0.15) is 82.4 Å². The lowest BCUT2D eigenvalue weighted by atomic mass is 10.0. The van der Waals surface area contributed by atoms with E-state index < -0.39 is 8.32 Å². The number of phenols is 1. The monoisotopic (exact) mass is 800 g/mol. The van der Waals surface area contributed by atoms with Gasteiger partial charge in [-0.25, -0.2) is 14.5 Å². The number of phenolic OH excluding ortho intramolecular Hbond substituents is 1. The molecule has 4 heterocycles. The summed E-state index contributed by atoms with van der Waals surface area (Å²) in [6.45, 7) is 18.9. The third kappa shape index (κ3) is 10.1. The van der Waals surface area contributed by atoms with E-state index in [1.54, 1.807) is 6.07 Å². The summed E-state index contributed by atoms with van der Waals surface area (Å²) in [5.41, 5.74) is 6.73. The van der Waals surface area contributed by atoms with E-state index in [1.807, 2.05) is 41.2 Å². The Balaban J connectivity index is 1.03. The molecule has 0 unspecified atom stereocenters. The van der Waals surface area contributed by atoms with Crippen molar-refractivity contribution in [2.24, 2.45) is 0 Å². The van der Waals surface area contributed by atoms with E-state index >= 15 is 0 Å². The van der Waals surface area contributed by atoms with Crippen molar-refractivity contribution < 1.29 is 28.6 Å². The van der Waals surface area contributed by atoms with Crippen molar-refractivity contribution in [3.05, 3.63) is 65.0 Å². The second-order valence-corrected chi connectivity index (χ2v) is 21.1. The number of carbonyl (C=O) groups is 2. The van der Waals surface area contributed by atoms with E-state index in [-0.39, 0.29) is 47.2 Å². The number of pyridine rings is 1. The van der Waals surface area contributed by atoms with Crippen LogP contribution in [0, 0.1) is 0 Å². The van der Waals surface area contributed by atoms with Gasteiger partial charge in [0.2, 0.25) is 0 Å². The normalized spacial score (nSPS) is 15.5. The molecule has 6 rings (SSSR count). The zero-order valence-corrected chi connectivity index (χ0v) is 35.5. The lowest BCUT2D eigenvalue weighted by Crippen LogP contribution is -2.43. The van der Waals surface area contributed by atoms with Crippen molar-refractivity contribution in [3.8, 4) is 11.5 Å². The predicted octanol–water partition coefficient (Wildman–Crippen LogP) is 7.25. The van der Waals surface area contributed by atoms with E-state index in [9.17, 15) is 14.7 Å². The van der Waals surface area contributed by atoms with Gasteiger partial charge in [-0.2, -0.15) is 5.10 Å². The van der Waals surface area contributed by atoms with Crippen molar-refractivity contribution in [3.63, 3.8) is 0 Å². The van der Waals surface area contributed by atoms with Crippen LogP contribution in [-0.2, 0) is 39.9 Å². The van der Waals surface area contributed by atoms with Crippen molar-refractivity contribution >= 4 is 48.4 Å². The minimum Gasteiger partial charge on any atom is -0.506 e. The number of fused-ring (bicyclic) bond motifs is 2. The molecular weight excluding hydrogens is 741 g/mol. The number of aryl methyl sites for hydroxylation is 3. The Morgan fingerprint density at radius 2 is 1.88 bits per heavy atom. The molecule has 0 radical (unpaired) electrons. The van der Waals surface area contributed by atoms with Crippen LogP contribution in [0.15, 0.2) is 42.6 Å². The molecule has 57 heavy (non-hydrogen) atoms. The fraction of sp³-hybridized carbons (Fsp3) is 0.524. The number of nitrogens with zero attached hydrogens (tertiary/aromatic N) is 3. The molecule has 6 N–H and O–H groups in total. The van der Waals surface area contributed by atoms with Crippen LogP contribution in [0.25, 0.3) is 11.0 Å². The number of nitrogens with one attached hydrogen (secondary N) is 5. The number of amides is 3. The van der Waals surface area contributed by atoms with E-state index in [4.69, 9.17) is 18.9 Å². The Morgan fingerprint density at radius 1 is 1.12 bits per heavy atom. The van der Waals surface area contributed by atoms with E-state index in [0.717, 1.165) is 97.5 Å². The molecule has 4 aromatic rings. The Labute approximate surface area is 337 Å². The molecule has 2 aliphatic heterocycles. The van der Waals surface area contributed by atoms with Crippen LogP contribution in [0.3, 0.4) is 0 Å². The molecular formula is C42H60N8O6Si. The number of anilines is 3. The third-order valence-corrected chi connectivity index (χ3v) is 15.8. The standard InChI is InChI=1S/C42H60N8O6Si/c1-8-33-31(37(46-29-18-21-54-22-19-29)32-24-45-50(9-2)40(32)48-33)23-44-41(53)47-28-14-12-27(13-15-28)11-10-20-43-25-35(56-57(6,7)42(3,4)5)30-16-17-34(51)38-39(30)55-26-36(52)49-38/h12-17,24,29,35,43,51H,8-11,18-23,25-26H2,1-7H3,(H,46,48)(H,49,52)(H2,44,47,53)/t35-/m0/s1. The average molecular weight is 801 g/mol. The van der Waals surface area contributed by atoms with E-state index in [0.29, 0.717) is 24.5 Å². The number of hydrogen-bond donors (Lipinski definition) is 6. The van der Waals surface area contributed by atoms with Gasteiger partial charge in [-0.1, -0.05) is 39.8 Å². The molecule has 0 spiro atoms. The molecule has 2 aliphatic rings. The number of aromatic nitrogens is 3. The molecule has 0 saturated carbocycles. The zero-order valence-electron chi connectivity index (χ0n) is 34.5. The second kappa shape index (κ2) is 18.3. The number of rotatable bonds is 16. The molecule has 2 aromatic heterocycles. The van der Waals surface area contributed by atoms with Crippen molar-refractivity contribution in [2.45, 2.75) is 110 Å². The Kier molecular flexibility index (Phi) is 13.4. The molecule has 14 nitrogen and oxygen atoms in total. The third-order valence-electron chi connectivity index (χ3n) is 11.3. The summed E-state index contributed by atoms with van der Waals surface area (Å²) in [6.07, 6.45) is 5.84. The molecule has 1 saturated heterocycles. The molecule has 0 aliphatic carbocycles. The smallest absolute Gasteiger partial charge is 0.319 e. The number of hydrogen-bond acceptors (Lipinski definition) is 10. The predicted molar refractivity (Wildman–Crippen MR) is 227 cm³/mol. The van der Waals surface area contributed by atoms with Crippen LogP contribution < -0.4 is 31.3 Å². The largest absolute Gasteiger partial charge is 0.506 e. The molecule has 308 valence electrons. The first-order valence-electron chi connectivity index (χ1n) is 20.3. The lowest BCUT2D eigenvalue weighted by molar-refractivity contribution is -0.118. The van der Waals surface area contributed by atoms with Crippen molar-refractivity contribution in [1.82, 2.24) is 25.4 Å². The summed E-state index contributed by atoms with van der Waals surface area (Å²) in [7, 11) is -2.20. The highest BCUT2D eigenvalue weighted by molar-refractivity contribution is 6.74. The van der Waals surface area contributed by atoms with Gasteiger partial charge in [0.25, 0.3) is 5.91 Å². The summed E-state index contributed by atoms with van der Waals surface area (Å²) in [4.78, 5) is 30.2. The van der Waals surface area contributed by atoms with Gasteiger partial charge in [-0.3, -0.25) is 4.79 Å². The number of benzene rings is 2. The Bertz CT molecular complexity index is 2020. The summed E-state index contributed by atoms with van der Waals surface area (Å²) in [5, 5.41) is 32.2. The van der Waals surface area contributed by atoms with E-state index in [1.165, 1.54) is 0 Å².